The zero-order valence-electron chi connectivity index (χ0n) is 14.4. The molecule has 1 N–H and O–H groups in total. The van der Waals surface area contributed by atoms with Crippen molar-refractivity contribution >= 4 is 5.91 Å². The summed E-state index contributed by atoms with van der Waals surface area (Å²) in [6.07, 6.45) is -4.51. The molecule has 2 aromatic carbocycles. The van der Waals surface area contributed by atoms with E-state index in [9.17, 15) is 18.0 Å². The highest BCUT2D eigenvalue weighted by atomic mass is 19.4. The van der Waals surface area contributed by atoms with Crippen LogP contribution >= 0.6 is 0 Å². The number of ether oxygens (including phenoxy) is 3. The molecule has 140 valence electrons. The van der Waals surface area contributed by atoms with Gasteiger partial charge >= 0.3 is 6.18 Å². The molecule has 0 aliphatic heterocycles. The van der Waals surface area contributed by atoms with Gasteiger partial charge in [0.1, 0.15) is 5.75 Å². The van der Waals surface area contributed by atoms with E-state index in [1.165, 1.54) is 33.5 Å². The van der Waals surface area contributed by atoms with Gasteiger partial charge in [0, 0.05) is 23.7 Å². The maximum Gasteiger partial charge on any atom is 0.416 e. The summed E-state index contributed by atoms with van der Waals surface area (Å²) in [5, 5.41) is 2.57. The monoisotopic (exact) mass is 369 g/mol. The third-order valence-electron chi connectivity index (χ3n) is 3.68. The number of halogens is 3. The first kappa shape index (κ1) is 19.4. The molecule has 0 aliphatic carbocycles. The van der Waals surface area contributed by atoms with Crippen LogP contribution in [0.3, 0.4) is 0 Å². The van der Waals surface area contributed by atoms with Crippen LogP contribution in [0.4, 0.5) is 13.2 Å². The minimum Gasteiger partial charge on any atom is -0.496 e. The van der Waals surface area contributed by atoms with Crippen molar-refractivity contribution in [1.29, 1.82) is 0 Å². The SMILES string of the molecule is COc1cc(OC)c(OC)cc1CNC(=O)c1cccc(C(F)(F)F)c1. The largest absolute Gasteiger partial charge is 0.496 e. The van der Waals surface area contributed by atoms with Crippen molar-refractivity contribution in [2.24, 2.45) is 0 Å². The molecule has 8 heteroatoms. The molecule has 0 saturated carbocycles. The van der Waals surface area contributed by atoms with Crippen LogP contribution < -0.4 is 19.5 Å². The highest BCUT2D eigenvalue weighted by Gasteiger charge is 2.30. The van der Waals surface area contributed by atoms with Gasteiger partial charge in [-0.25, -0.2) is 0 Å². The van der Waals surface area contributed by atoms with E-state index in [2.05, 4.69) is 5.32 Å². The second-order valence-electron chi connectivity index (χ2n) is 5.28. The summed E-state index contributed by atoms with van der Waals surface area (Å²) >= 11 is 0. The molecule has 0 heterocycles. The van der Waals surface area contributed by atoms with Crippen molar-refractivity contribution in [2.45, 2.75) is 12.7 Å². The summed E-state index contributed by atoms with van der Waals surface area (Å²) in [6.45, 7) is 0.0403. The molecule has 0 bridgehead atoms. The van der Waals surface area contributed by atoms with E-state index in [1.54, 1.807) is 12.1 Å². The van der Waals surface area contributed by atoms with Crippen molar-refractivity contribution in [3.63, 3.8) is 0 Å². The molecule has 0 spiro atoms. The standard InChI is InChI=1S/C18H18F3NO4/c1-24-14-9-16(26-3)15(25-2)8-12(14)10-22-17(23)11-5-4-6-13(7-11)18(19,20)21/h4-9H,10H2,1-3H3,(H,22,23). The number of benzene rings is 2. The highest BCUT2D eigenvalue weighted by molar-refractivity contribution is 5.94. The third-order valence-corrected chi connectivity index (χ3v) is 3.68. The Balaban J connectivity index is 2.19. The van der Waals surface area contributed by atoms with E-state index < -0.39 is 17.6 Å². The van der Waals surface area contributed by atoms with E-state index in [0.29, 0.717) is 22.8 Å². The van der Waals surface area contributed by atoms with Crippen molar-refractivity contribution in [1.82, 2.24) is 5.32 Å². The molecule has 2 rings (SSSR count). The fourth-order valence-corrected chi connectivity index (χ4v) is 2.34. The lowest BCUT2D eigenvalue weighted by molar-refractivity contribution is -0.137. The number of amides is 1. The van der Waals surface area contributed by atoms with Gasteiger partial charge in [0.2, 0.25) is 0 Å². The first-order valence-electron chi connectivity index (χ1n) is 7.54. The van der Waals surface area contributed by atoms with Gasteiger partial charge in [-0.1, -0.05) is 6.07 Å². The third kappa shape index (κ3) is 4.38. The molecule has 5 nitrogen and oxygen atoms in total. The van der Waals surface area contributed by atoms with Gasteiger partial charge in [-0.05, 0) is 24.3 Å². The van der Waals surface area contributed by atoms with Crippen LogP contribution in [0.1, 0.15) is 21.5 Å². The smallest absolute Gasteiger partial charge is 0.416 e. The lowest BCUT2D eigenvalue weighted by Gasteiger charge is -2.15. The molecule has 0 radical (unpaired) electrons. The van der Waals surface area contributed by atoms with Gasteiger partial charge < -0.3 is 19.5 Å². The average molecular weight is 369 g/mol. The zero-order chi connectivity index (χ0) is 19.3. The molecule has 0 fully saturated rings. The Morgan fingerprint density at radius 3 is 2.15 bits per heavy atom. The Labute approximate surface area is 148 Å². The summed E-state index contributed by atoms with van der Waals surface area (Å²) in [7, 11) is 4.40. The van der Waals surface area contributed by atoms with Crippen molar-refractivity contribution in [3.8, 4) is 17.2 Å². The average Bonchev–Trinajstić information content (AvgIpc) is 2.64. The van der Waals surface area contributed by atoms with Crippen LogP contribution in [0, 0.1) is 0 Å². The van der Waals surface area contributed by atoms with E-state index in [0.717, 1.165) is 12.1 Å². The molecule has 0 atom stereocenters. The van der Waals surface area contributed by atoms with Gasteiger partial charge in [0.05, 0.1) is 26.9 Å². The molecular formula is C18H18F3NO4. The summed E-state index contributed by atoms with van der Waals surface area (Å²) < 4.78 is 53.9. The van der Waals surface area contributed by atoms with Gasteiger partial charge in [-0.2, -0.15) is 13.2 Å². The quantitative estimate of drug-likeness (QED) is 0.844. The number of carbonyl (C=O) groups is 1. The van der Waals surface area contributed by atoms with Crippen LogP contribution in [0.15, 0.2) is 36.4 Å². The maximum absolute atomic E-state index is 12.8. The van der Waals surface area contributed by atoms with Crippen molar-refractivity contribution in [2.75, 3.05) is 21.3 Å². The van der Waals surface area contributed by atoms with Crippen LogP contribution in [-0.2, 0) is 12.7 Å². The maximum atomic E-state index is 12.8. The Kier molecular flexibility index (Phi) is 5.97. The number of methoxy groups -OCH3 is 3. The zero-order valence-corrected chi connectivity index (χ0v) is 14.4. The van der Waals surface area contributed by atoms with Crippen LogP contribution in [0.2, 0.25) is 0 Å². The molecule has 0 aromatic heterocycles. The minimum absolute atomic E-state index is 0.0403. The van der Waals surface area contributed by atoms with Crippen molar-refractivity contribution in [3.05, 3.63) is 53.1 Å². The fraction of sp³-hybridized carbons (Fsp3) is 0.278. The highest BCUT2D eigenvalue weighted by Crippen LogP contribution is 2.34. The fourth-order valence-electron chi connectivity index (χ4n) is 2.34. The van der Waals surface area contributed by atoms with E-state index in [1.807, 2.05) is 0 Å². The predicted molar refractivity (Wildman–Crippen MR) is 88.7 cm³/mol. The lowest BCUT2D eigenvalue weighted by atomic mass is 10.1. The van der Waals surface area contributed by atoms with Gasteiger partial charge in [-0.15, -0.1) is 0 Å². The second kappa shape index (κ2) is 7.99. The van der Waals surface area contributed by atoms with Gasteiger partial charge in [0.25, 0.3) is 5.91 Å². The number of hydrogen-bond acceptors (Lipinski definition) is 4. The van der Waals surface area contributed by atoms with Gasteiger partial charge in [0.15, 0.2) is 11.5 Å². The Morgan fingerprint density at radius 1 is 0.962 bits per heavy atom. The number of hydrogen-bond donors (Lipinski definition) is 1. The first-order valence-corrected chi connectivity index (χ1v) is 7.54. The number of alkyl halides is 3. The van der Waals surface area contributed by atoms with Crippen molar-refractivity contribution < 1.29 is 32.2 Å². The number of nitrogens with one attached hydrogen (secondary N) is 1. The molecule has 2 aromatic rings. The molecule has 0 aliphatic rings. The Bertz CT molecular complexity index is 790. The summed E-state index contributed by atoms with van der Waals surface area (Å²) in [5.74, 6) is 0.717. The molecular weight excluding hydrogens is 351 g/mol. The summed E-state index contributed by atoms with van der Waals surface area (Å²) in [5.41, 5.74) is -0.376. The van der Waals surface area contributed by atoms with E-state index >= 15 is 0 Å². The molecule has 0 unspecified atom stereocenters. The van der Waals surface area contributed by atoms with Crippen LogP contribution in [-0.4, -0.2) is 27.2 Å². The minimum atomic E-state index is -4.51. The first-order chi connectivity index (χ1) is 12.3. The molecule has 1 amide bonds. The second-order valence-corrected chi connectivity index (χ2v) is 5.28. The van der Waals surface area contributed by atoms with E-state index in [4.69, 9.17) is 14.2 Å². The normalized spacial score (nSPS) is 11.0. The van der Waals surface area contributed by atoms with Crippen LogP contribution in [0.5, 0.6) is 17.2 Å². The predicted octanol–water partition coefficient (Wildman–Crippen LogP) is 3.66. The van der Waals surface area contributed by atoms with E-state index in [-0.39, 0.29) is 12.1 Å². The number of rotatable bonds is 6. The molecule has 26 heavy (non-hydrogen) atoms. The van der Waals surface area contributed by atoms with Crippen LogP contribution in [0.25, 0.3) is 0 Å². The molecule has 0 saturated heterocycles. The summed E-state index contributed by atoms with van der Waals surface area (Å²) in [6, 6.07) is 7.45. The Morgan fingerprint density at radius 2 is 1.58 bits per heavy atom. The Hall–Kier alpha value is -2.90. The lowest BCUT2D eigenvalue weighted by Crippen LogP contribution is -2.23. The topological polar surface area (TPSA) is 56.8 Å². The number of carbonyl (C=O) groups excluding carboxylic acids is 1. The summed E-state index contributed by atoms with van der Waals surface area (Å²) in [4.78, 5) is 12.2. The van der Waals surface area contributed by atoms with Gasteiger partial charge in [-0.3, -0.25) is 4.79 Å².